The third-order valence-electron chi connectivity index (χ3n) is 4.06. The number of rotatable bonds is 9. The molecule has 1 amide bonds. The third kappa shape index (κ3) is 6.92. The maximum Gasteiger partial charge on any atom is 0.307 e. The van der Waals surface area contributed by atoms with Gasteiger partial charge in [0.2, 0.25) is 0 Å². The van der Waals surface area contributed by atoms with Gasteiger partial charge in [0.05, 0.1) is 6.42 Å². The van der Waals surface area contributed by atoms with Crippen LogP contribution in [0.5, 0.6) is 0 Å². The van der Waals surface area contributed by atoms with Crippen molar-refractivity contribution in [3.63, 3.8) is 0 Å². The minimum atomic E-state index is -0.365. The second-order valence-corrected chi connectivity index (χ2v) is 7.22. The van der Waals surface area contributed by atoms with Crippen molar-refractivity contribution < 1.29 is 14.3 Å². The number of hydrogen-bond acceptors (Lipinski definition) is 4. The van der Waals surface area contributed by atoms with Gasteiger partial charge in [-0.1, -0.05) is 44.2 Å². The lowest BCUT2D eigenvalue weighted by Crippen LogP contribution is -2.21. The van der Waals surface area contributed by atoms with Crippen LogP contribution in [-0.2, 0) is 14.3 Å². The van der Waals surface area contributed by atoms with Crippen molar-refractivity contribution >= 4 is 29.3 Å². The molecule has 5 heteroatoms. The first-order chi connectivity index (χ1) is 12.6. The van der Waals surface area contributed by atoms with Crippen LogP contribution in [0.1, 0.15) is 38.2 Å². The molecule has 0 bridgehead atoms. The van der Waals surface area contributed by atoms with Gasteiger partial charge < -0.3 is 10.1 Å². The fraction of sp³-hybridized carbons (Fsp3) is 0.333. The largest absolute Gasteiger partial charge is 0.456 e. The quantitative estimate of drug-likeness (QED) is 0.505. The highest BCUT2D eigenvalue weighted by atomic mass is 32.2. The second-order valence-electron chi connectivity index (χ2n) is 6.05. The third-order valence-corrected chi connectivity index (χ3v) is 5.07. The maximum absolute atomic E-state index is 11.9. The number of nitrogens with one attached hydrogen (secondary N) is 1. The zero-order valence-electron chi connectivity index (χ0n) is 15.2. The summed E-state index contributed by atoms with van der Waals surface area (Å²) < 4.78 is 5.03. The van der Waals surface area contributed by atoms with Crippen LogP contribution in [0.15, 0.2) is 59.5 Å². The smallest absolute Gasteiger partial charge is 0.307 e. The molecule has 0 saturated carbocycles. The number of esters is 1. The Labute approximate surface area is 159 Å². The van der Waals surface area contributed by atoms with E-state index >= 15 is 0 Å². The van der Waals surface area contributed by atoms with E-state index in [-0.39, 0.29) is 24.9 Å². The predicted octanol–water partition coefficient (Wildman–Crippen LogP) is 4.86. The number of ether oxygens (including phenoxy) is 1. The van der Waals surface area contributed by atoms with Crippen LogP contribution in [0.25, 0.3) is 0 Å². The highest BCUT2D eigenvalue weighted by molar-refractivity contribution is 7.99. The van der Waals surface area contributed by atoms with Gasteiger partial charge in [0.1, 0.15) is 0 Å². The van der Waals surface area contributed by atoms with Crippen LogP contribution in [0.2, 0.25) is 0 Å². The molecule has 1 atom stereocenters. The molecule has 1 N–H and O–H groups in total. The Kier molecular flexibility index (Phi) is 8.22. The summed E-state index contributed by atoms with van der Waals surface area (Å²) in [6, 6.07) is 17.6. The van der Waals surface area contributed by atoms with E-state index < -0.39 is 0 Å². The molecule has 1 unspecified atom stereocenters. The molecule has 138 valence electrons. The first-order valence-corrected chi connectivity index (χ1v) is 9.80. The van der Waals surface area contributed by atoms with Crippen LogP contribution in [0.3, 0.4) is 0 Å². The van der Waals surface area contributed by atoms with Crippen LogP contribution in [0.4, 0.5) is 5.69 Å². The zero-order valence-corrected chi connectivity index (χ0v) is 16.1. The average Bonchev–Trinajstić information content (AvgIpc) is 2.67. The molecule has 0 spiro atoms. The van der Waals surface area contributed by atoms with Gasteiger partial charge in [0.25, 0.3) is 5.91 Å². The summed E-state index contributed by atoms with van der Waals surface area (Å²) in [6.45, 7) is 4.05. The summed E-state index contributed by atoms with van der Waals surface area (Å²) in [7, 11) is 0. The van der Waals surface area contributed by atoms with E-state index in [2.05, 4.69) is 19.2 Å². The number of anilines is 1. The van der Waals surface area contributed by atoms with E-state index in [1.54, 1.807) is 11.8 Å². The van der Waals surface area contributed by atoms with E-state index in [0.717, 1.165) is 11.3 Å². The molecule has 26 heavy (non-hydrogen) atoms. The molecule has 0 aliphatic rings. The molecule has 0 aromatic heterocycles. The summed E-state index contributed by atoms with van der Waals surface area (Å²) in [6.07, 6.45) is 1.35. The van der Waals surface area contributed by atoms with E-state index in [0.29, 0.717) is 17.4 Å². The van der Waals surface area contributed by atoms with E-state index in [1.807, 2.05) is 54.6 Å². The molecular formula is C21H25NO3S. The molecule has 0 heterocycles. The fourth-order valence-electron chi connectivity index (χ4n) is 2.31. The number of carbonyl (C=O) groups is 2. The number of thioether (sulfide) groups is 1. The van der Waals surface area contributed by atoms with Crippen molar-refractivity contribution in [2.45, 2.75) is 37.5 Å². The standard InChI is InChI=1S/C21H25NO3S/c1-3-16(2)17-9-11-18(12-10-17)22-20(23)15-25-21(24)13-14-26-19-7-5-4-6-8-19/h4-12,16H,3,13-15H2,1-2H3,(H,22,23). The molecule has 2 rings (SSSR count). The van der Waals surface area contributed by atoms with Gasteiger partial charge in [-0.05, 0) is 42.2 Å². The van der Waals surface area contributed by atoms with E-state index in [9.17, 15) is 9.59 Å². The summed E-state index contributed by atoms with van der Waals surface area (Å²) in [5.41, 5.74) is 1.95. The Morgan fingerprint density at radius 3 is 2.42 bits per heavy atom. The monoisotopic (exact) mass is 371 g/mol. The molecule has 0 radical (unpaired) electrons. The normalized spacial score (nSPS) is 11.6. The lowest BCUT2D eigenvalue weighted by atomic mass is 9.99. The number of amides is 1. The van der Waals surface area contributed by atoms with Crippen LogP contribution in [0, 0.1) is 0 Å². The lowest BCUT2D eigenvalue weighted by Gasteiger charge is -2.10. The molecule has 0 aliphatic carbocycles. The molecule has 0 aliphatic heterocycles. The fourth-order valence-corrected chi connectivity index (χ4v) is 3.17. The Morgan fingerprint density at radius 1 is 1.08 bits per heavy atom. The van der Waals surface area contributed by atoms with Crippen molar-refractivity contribution in [1.29, 1.82) is 0 Å². The highest BCUT2D eigenvalue weighted by Gasteiger charge is 2.09. The van der Waals surface area contributed by atoms with Crippen molar-refractivity contribution in [1.82, 2.24) is 0 Å². The summed E-state index contributed by atoms with van der Waals surface area (Å²) >= 11 is 1.59. The van der Waals surface area contributed by atoms with Crippen LogP contribution < -0.4 is 5.32 Å². The number of benzene rings is 2. The molecule has 0 saturated heterocycles. The molecule has 2 aromatic carbocycles. The summed E-state index contributed by atoms with van der Waals surface area (Å²) in [4.78, 5) is 24.7. The van der Waals surface area contributed by atoms with Crippen LogP contribution >= 0.6 is 11.8 Å². The predicted molar refractivity (Wildman–Crippen MR) is 107 cm³/mol. The highest BCUT2D eigenvalue weighted by Crippen LogP contribution is 2.20. The van der Waals surface area contributed by atoms with Gasteiger partial charge in [0, 0.05) is 16.3 Å². The van der Waals surface area contributed by atoms with Gasteiger partial charge in [-0.15, -0.1) is 11.8 Å². The second kappa shape index (κ2) is 10.7. The van der Waals surface area contributed by atoms with Gasteiger partial charge in [-0.2, -0.15) is 0 Å². The average molecular weight is 372 g/mol. The van der Waals surface area contributed by atoms with Gasteiger partial charge in [-0.3, -0.25) is 9.59 Å². The maximum atomic E-state index is 11.9. The number of hydrogen-bond donors (Lipinski definition) is 1. The summed E-state index contributed by atoms with van der Waals surface area (Å²) in [5.74, 6) is 0.428. The Balaban J connectivity index is 1.67. The van der Waals surface area contributed by atoms with Crippen molar-refractivity contribution in [3.8, 4) is 0 Å². The SMILES string of the molecule is CCC(C)c1ccc(NC(=O)COC(=O)CCSc2ccccc2)cc1. The summed E-state index contributed by atoms with van der Waals surface area (Å²) in [5, 5.41) is 2.74. The first kappa shape index (κ1) is 20.0. The van der Waals surface area contributed by atoms with E-state index in [4.69, 9.17) is 4.74 Å². The van der Waals surface area contributed by atoms with E-state index in [1.165, 1.54) is 5.56 Å². The lowest BCUT2D eigenvalue weighted by molar-refractivity contribution is -0.146. The molecule has 4 nitrogen and oxygen atoms in total. The zero-order chi connectivity index (χ0) is 18.8. The van der Waals surface area contributed by atoms with Gasteiger partial charge in [-0.25, -0.2) is 0 Å². The Bertz CT molecular complexity index is 701. The van der Waals surface area contributed by atoms with Crippen molar-refractivity contribution in [2.75, 3.05) is 17.7 Å². The topological polar surface area (TPSA) is 55.4 Å². The first-order valence-electron chi connectivity index (χ1n) is 8.81. The number of carbonyl (C=O) groups excluding carboxylic acids is 2. The minimum Gasteiger partial charge on any atom is -0.456 e. The van der Waals surface area contributed by atoms with Gasteiger partial charge >= 0.3 is 5.97 Å². The molecular weight excluding hydrogens is 346 g/mol. The van der Waals surface area contributed by atoms with Crippen LogP contribution in [-0.4, -0.2) is 24.2 Å². The van der Waals surface area contributed by atoms with Crippen molar-refractivity contribution in [2.24, 2.45) is 0 Å². The Hall–Kier alpha value is -2.27. The van der Waals surface area contributed by atoms with Gasteiger partial charge in [0.15, 0.2) is 6.61 Å². The van der Waals surface area contributed by atoms with Crippen molar-refractivity contribution in [3.05, 3.63) is 60.2 Å². The molecule has 0 fully saturated rings. The Morgan fingerprint density at radius 2 is 1.77 bits per heavy atom. The minimum absolute atomic E-state index is 0.262. The molecule has 2 aromatic rings.